The van der Waals surface area contributed by atoms with Gasteiger partial charge in [0.25, 0.3) is 0 Å². The first-order valence-corrected chi connectivity index (χ1v) is 7.09. The van der Waals surface area contributed by atoms with E-state index in [4.69, 9.17) is 11.6 Å². The number of halogens is 3. The average molecular weight is 307 g/mol. The lowest BCUT2D eigenvalue weighted by Gasteiger charge is -2.10. The van der Waals surface area contributed by atoms with E-state index in [9.17, 15) is 8.78 Å². The van der Waals surface area contributed by atoms with Crippen molar-refractivity contribution in [3.8, 4) is 0 Å². The molecular weight excluding hydrogens is 294 g/mol. The topological polar surface area (TPSA) is 17.8 Å². The third kappa shape index (κ3) is 2.40. The number of nitrogens with zero attached hydrogens (tertiary/aromatic N) is 2. The van der Waals surface area contributed by atoms with E-state index in [0.717, 1.165) is 17.2 Å². The summed E-state index contributed by atoms with van der Waals surface area (Å²) in [6, 6.07) is 10.3. The van der Waals surface area contributed by atoms with Gasteiger partial charge in [0.05, 0.1) is 11.4 Å². The number of hydrogen-bond donors (Lipinski definition) is 0. The van der Waals surface area contributed by atoms with Crippen LogP contribution in [0, 0.1) is 18.6 Å². The van der Waals surface area contributed by atoms with Crippen molar-refractivity contribution in [1.29, 1.82) is 0 Å². The summed E-state index contributed by atoms with van der Waals surface area (Å²) >= 11 is 5.90. The second kappa shape index (κ2) is 5.45. The van der Waals surface area contributed by atoms with Crippen molar-refractivity contribution >= 4 is 22.6 Å². The lowest BCUT2D eigenvalue weighted by atomic mass is 10.1. The maximum atomic E-state index is 14.1. The van der Waals surface area contributed by atoms with E-state index in [1.807, 2.05) is 31.2 Å². The van der Waals surface area contributed by atoms with Gasteiger partial charge in [-0.1, -0.05) is 24.3 Å². The molecule has 108 valence electrons. The molecule has 3 aromatic rings. The van der Waals surface area contributed by atoms with Crippen molar-refractivity contribution in [3.05, 3.63) is 65.0 Å². The number of hydrogen-bond acceptors (Lipinski definition) is 1. The maximum absolute atomic E-state index is 14.1. The van der Waals surface area contributed by atoms with Gasteiger partial charge in [-0.2, -0.15) is 0 Å². The largest absolute Gasteiger partial charge is 0.320 e. The molecule has 0 aliphatic rings. The maximum Gasteiger partial charge on any atom is 0.184 e. The number of aryl methyl sites for hydroxylation is 1. The molecule has 0 radical (unpaired) electrons. The summed E-state index contributed by atoms with van der Waals surface area (Å²) in [5, 5.41) is 0. The summed E-state index contributed by atoms with van der Waals surface area (Å²) in [5.74, 6) is -1.10. The molecule has 0 atom stereocenters. The molecule has 3 rings (SSSR count). The molecule has 2 nitrogen and oxygen atoms in total. The van der Waals surface area contributed by atoms with Crippen LogP contribution in [0.15, 0.2) is 36.4 Å². The fraction of sp³-hybridized carbons (Fsp3) is 0.188. The minimum Gasteiger partial charge on any atom is -0.320 e. The second-order valence-corrected chi connectivity index (χ2v) is 5.17. The van der Waals surface area contributed by atoms with E-state index in [1.54, 1.807) is 4.57 Å². The van der Waals surface area contributed by atoms with Gasteiger partial charge in [-0.15, -0.1) is 11.6 Å². The molecule has 0 N–H and O–H groups in total. The molecule has 1 heterocycles. The minimum atomic E-state index is -0.884. The molecule has 2 aromatic carbocycles. The third-order valence-electron chi connectivity index (χ3n) is 3.59. The molecule has 21 heavy (non-hydrogen) atoms. The quantitative estimate of drug-likeness (QED) is 0.655. The molecule has 5 heteroatoms. The molecule has 0 saturated heterocycles. The minimum absolute atomic E-state index is 0.140. The fourth-order valence-corrected chi connectivity index (χ4v) is 2.64. The summed E-state index contributed by atoms with van der Waals surface area (Å²) in [6.45, 7) is 2.39. The van der Waals surface area contributed by atoms with Crippen LogP contribution in [0.4, 0.5) is 8.78 Å². The highest BCUT2D eigenvalue weighted by Gasteiger charge is 2.17. The zero-order valence-corrected chi connectivity index (χ0v) is 12.2. The van der Waals surface area contributed by atoms with Crippen LogP contribution in [-0.4, -0.2) is 9.55 Å². The molecule has 0 aliphatic heterocycles. The number of benzene rings is 2. The lowest BCUT2D eigenvalue weighted by Crippen LogP contribution is -2.06. The predicted octanol–water partition coefficient (Wildman–Crippen LogP) is 4.41. The first-order valence-electron chi connectivity index (χ1n) is 6.55. The van der Waals surface area contributed by atoms with Crippen LogP contribution in [0.1, 0.15) is 17.0 Å². The van der Waals surface area contributed by atoms with Gasteiger partial charge in [0.15, 0.2) is 11.6 Å². The Morgan fingerprint density at radius 3 is 2.62 bits per heavy atom. The van der Waals surface area contributed by atoms with E-state index in [0.29, 0.717) is 17.9 Å². The Hall–Kier alpha value is -1.94. The summed E-state index contributed by atoms with van der Waals surface area (Å²) in [4.78, 5) is 4.28. The molecular formula is C16H13ClF2N2. The van der Waals surface area contributed by atoms with Gasteiger partial charge in [-0.05, 0) is 30.2 Å². The van der Waals surface area contributed by atoms with Crippen LogP contribution >= 0.6 is 11.6 Å². The summed E-state index contributed by atoms with van der Waals surface area (Å²) < 4.78 is 29.3. The summed E-state index contributed by atoms with van der Waals surface area (Å²) in [7, 11) is 0. The van der Waals surface area contributed by atoms with E-state index >= 15 is 0 Å². The van der Waals surface area contributed by atoms with Crippen LogP contribution in [-0.2, 0) is 12.4 Å². The van der Waals surface area contributed by atoms with Crippen LogP contribution < -0.4 is 0 Å². The van der Waals surface area contributed by atoms with Crippen LogP contribution in [0.3, 0.4) is 0 Å². The van der Waals surface area contributed by atoms with Crippen molar-refractivity contribution in [2.24, 2.45) is 0 Å². The van der Waals surface area contributed by atoms with Crippen LogP contribution in [0.2, 0.25) is 0 Å². The Labute approximate surface area is 126 Å². The monoisotopic (exact) mass is 306 g/mol. The van der Waals surface area contributed by atoms with E-state index in [-0.39, 0.29) is 11.4 Å². The Bertz CT molecular complexity index is 811. The number of aromatic nitrogens is 2. The number of rotatable bonds is 3. The first-order chi connectivity index (χ1) is 10.1. The first kappa shape index (κ1) is 14.0. The third-order valence-corrected chi connectivity index (χ3v) is 3.83. The fourth-order valence-electron chi connectivity index (χ4n) is 2.44. The van der Waals surface area contributed by atoms with Gasteiger partial charge in [-0.25, -0.2) is 13.8 Å². The zero-order valence-electron chi connectivity index (χ0n) is 11.4. The van der Waals surface area contributed by atoms with Gasteiger partial charge in [0.2, 0.25) is 0 Å². The van der Waals surface area contributed by atoms with Crippen molar-refractivity contribution in [2.75, 3.05) is 0 Å². The van der Waals surface area contributed by atoms with E-state index in [1.165, 1.54) is 6.07 Å². The average Bonchev–Trinajstić information content (AvgIpc) is 2.84. The number of imidazole rings is 1. The molecule has 0 spiro atoms. The van der Waals surface area contributed by atoms with Gasteiger partial charge < -0.3 is 4.57 Å². The molecule has 0 bridgehead atoms. The van der Waals surface area contributed by atoms with Crippen molar-refractivity contribution in [2.45, 2.75) is 19.3 Å². The standard InChI is InChI=1S/C16H13ClF2N2/c1-10-4-2-3-5-11(10)9-21-14(8-17)20-13-7-6-12(18)15(19)16(13)21/h2-7H,8-9H2,1H3. The summed E-state index contributed by atoms with van der Waals surface area (Å²) in [5.41, 5.74) is 2.68. The Kier molecular flexibility index (Phi) is 3.64. The normalized spacial score (nSPS) is 11.2. The number of fused-ring (bicyclic) bond motifs is 1. The highest BCUT2D eigenvalue weighted by Crippen LogP contribution is 2.24. The van der Waals surface area contributed by atoms with E-state index in [2.05, 4.69) is 4.98 Å². The molecule has 1 aromatic heterocycles. The van der Waals surface area contributed by atoms with E-state index < -0.39 is 11.6 Å². The highest BCUT2D eigenvalue weighted by atomic mass is 35.5. The molecule has 0 unspecified atom stereocenters. The summed E-state index contributed by atoms with van der Waals surface area (Å²) in [6.07, 6.45) is 0. The number of alkyl halides is 1. The zero-order chi connectivity index (χ0) is 15.0. The molecule has 0 fully saturated rings. The Balaban J connectivity index is 2.21. The van der Waals surface area contributed by atoms with Crippen molar-refractivity contribution < 1.29 is 8.78 Å². The highest BCUT2D eigenvalue weighted by molar-refractivity contribution is 6.16. The molecule has 0 saturated carbocycles. The molecule has 0 aliphatic carbocycles. The smallest absolute Gasteiger partial charge is 0.184 e. The molecule has 0 amide bonds. The van der Waals surface area contributed by atoms with Gasteiger partial charge in [0, 0.05) is 6.54 Å². The van der Waals surface area contributed by atoms with Crippen molar-refractivity contribution in [1.82, 2.24) is 9.55 Å². The van der Waals surface area contributed by atoms with Crippen molar-refractivity contribution in [3.63, 3.8) is 0 Å². The van der Waals surface area contributed by atoms with Gasteiger partial charge >= 0.3 is 0 Å². The predicted molar refractivity (Wildman–Crippen MR) is 79.5 cm³/mol. The van der Waals surface area contributed by atoms with Crippen LogP contribution in [0.5, 0.6) is 0 Å². The lowest BCUT2D eigenvalue weighted by molar-refractivity contribution is 0.512. The Morgan fingerprint density at radius 2 is 1.90 bits per heavy atom. The van der Waals surface area contributed by atoms with Crippen LogP contribution in [0.25, 0.3) is 11.0 Å². The van der Waals surface area contributed by atoms with Gasteiger partial charge in [0.1, 0.15) is 11.3 Å². The SMILES string of the molecule is Cc1ccccc1Cn1c(CCl)nc2ccc(F)c(F)c21. The Morgan fingerprint density at radius 1 is 1.14 bits per heavy atom. The van der Waals surface area contributed by atoms with Gasteiger partial charge in [-0.3, -0.25) is 0 Å². The second-order valence-electron chi connectivity index (χ2n) is 4.90.